The molecule has 1 aliphatic rings. The molecule has 1 aliphatic heterocycles. The van der Waals surface area contributed by atoms with Crippen LogP contribution < -0.4 is 10.2 Å². The number of thiocarbonyl (C=S) groups is 1. The largest absolute Gasteiger partial charge is 0.343 e. The molecule has 0 radical (unpaired) electrons. The summed E-state index contributed by atoms with van der Waals surface area (Å²) in [7, 11) is 0. The maximum atomic E-state index is 13.1. The van der Waals surface area contributed by atoms with Crippen LogP contribution in [0.25, 0.3) is 6.08 Å². The van der Waals surface area contributed by atoms with Crippen LogP contribution in [0.3, 0.4) is 0 Å². The predicted molar refractivity (Wildman–Crippen MR) is 112 cm³/mol. The van der Waals surface area contributed by atoms with E-state index >= 15 is 0 Å². The Morgan fingerprint density at radius 1 is 1.11 bits per heavy atom. The Balaban J connectivity index is 2.09. The second kappa shape index (κ2) is 7.11. The van der Waals surface area contributed by atoms with Gasteiger partial charge in [-0.15, -0.1) is 0 Å². The first-order valence-electron chi connectivity index (χ1n) is 8.14. The molecule has 2 amide bonds. The highest BCUT2D eigenvalue weighted by Gasteiger charge is 2.36. The van der Waals surface area contributed by atoms with E-state index in [1.165, 1.54) is 4.90 Å². The minimum absolute atomic E-state index is 0.0381. The van der Waals surface area contributed by atoms with Crippen LogP contribution >= 0.6 is 35.4 Å². The molecule has 0 atom stereocenters. The first kappa shape index (κ1) is 19.6. The number of nitrogens with zero attached hydrogens (tertiary/aromatic N) is 2. The quantitative estimate of drug-likeness (QED) is 0.444. The standard InChI is InChI=1S/C19H17Cl2N3O2S/c1-19(2,3)23-9-5-6-11(23)10-12-16(25)22-18(27)24(17(12)26)14-8-4-7-13(20)15(14)21/h4-10H,1-3H3,(H,22,25,27). The van der Waals surface area contributed by atoms with Gasteiger partial charge in [0.2, 0.25) is 0 Å². The predicted octanol–water partition coefficient (Wildman–Crippen LogP) is 4.38. The van der Waals surface area contributed by atoms with Gasteiger partial charge in [0.05, 0.1) is 15.7 Å². The number of halogens is 2. The average Bonchev–Trinajstić information content (AvgIpc) is 3.04. The van der Waals surface area contributed by atoms with Crippen molar-refractivity contribution in [1.29, 1.82) is 0 Å². The summed E-state index contributed by atoms with van der Waals surface area (Å²) in [5, 5.41) is 2.97. The number of rotatable bonds is 2. The van der Waals surface area contributed by atoms with Gasteiger partial charge in [-0.05, 0) is 63.3 Å². The number of anilines is 1. The molecule has 3 rings (SSSR count). The number of aromatic nitrogens is 1. The minimum Gasteiger partial charge on any atom is -0.343 e. The molecule has 140 valence electrons. The molecule has 8 heteroatoms. The molecule has 2 aromatic rings. The highest BCUT2D eigenvalue weighted by molar-refractivity contribution is 7.80. The molecule has 0 unspecified atom stereocenters. The first-order valence-corrected chi connectivity index (χ1v) is 9.31. The first-order chi connectivity index (χ1) is 12.6. The molecule has 27 heavy (non-hydrogen) atoms. The summed E-state index contributed by atoms with van der Waals surface area (Å²) in [6.45, 7) is 6.10. The lowest BCUT2D eigenvalue weighted by Crippen LogP contribution is -2.54. The van der Waals surface area contributed by atoms with Crippen LogP contribution in [0, 0.1) is 0 Å². The molecule has 1 N–H and O–H groups in total. The van der Waals surface area contributed by atoms with E-state index < -0.39 is 11.8 Å². The maximum absolute atomic E-state index is 13.1. The molecule has 0 spiro atoms. The SMILES string of the molecule is CC(C)(C)n1cccc1C=C1C(=O)NC(=S)N(c2cccc(Cl)c2Cl)C1=O. The Kier molecular flexibility index (Phi) is 5.16. The van der Waals surface area contributed by atoms with Gasteiger partial charge in [0, 0.05) is 17.4 Å². The van der Waals surface area contributed by atoms with Crippen molar-refractivity contribution in [2.75, 3.05) is 4.90 Å². The number of benzene rings is 1. The zero-order valence-corrected chi connectivity index (χ0v) is 17.2. The van der Waals surface area contributed by atoms with Gasteiger partial charge in [-0.25, -0.2) is 0 Å². The van der Waals surface area contributed by atoms with E-state index in [1.54, 1.807) is 24.3 Å². The topological polar surface area (TPSA) is 54.3 Å². The molecule has 5 nitrogen and oxygen atoms in total. The van der Waals surface area contributed by atoms with E-state index in [2.05, 4.69) is 5.32 Å². The van der Waals surface area contributed by atoms with Crippen LogP contribution in [0.5, 0.6) is 0 Å². The summed E-state index contributed by atoms with van der Waals surface area (Å²) in [6, 6.07) is 8.58. The van der Waals surface area contributed by atoms with Gasteiger partial charge in [-0.1, -0.05) is 29.3 Å². The fourth-order valence-electron chi connectivity index (χ4n) is 2.81. The number of amides is 2. The van der Waals surface area contributed by atoms with Crippen molar-refractivity contribution in [2.24, 2.45) is 0 Å². The average molecular weight is 422 g/mol. The normalized spacial score (nSPS) is 16.9. The van der Waals surface area contributed by atoms with E-state index in [1.807, 2.05) is 43.7 Å². The van der Waals surface area contributed by atoms with Crippen LogP contribution in [-0.4, -0.2) is 21.5 Å². The van der Waals surface area contributed by atoms with Crippen molar-refractivity contribution in [3.05, 3.63) is 57.8 Å². The van der Waals surface area contributed by atoms with Gasteiger partial charge < -0.3 is 4.57 Å². The van der Waals surface area contributed by atoms with E-state index in [0.29, 0.717) is 5.69 Å². The third-order valence-corrected chi connectivity index (χ3v) is 5.16. The zero-order chi connectivity index (χ0) is 19.9. The van der Waals surface area contributed by atoms with E-state index in [9.17, 15) is 9.59 Å². The van der Waals surface area contributed by atoms with E-state index in [-0.39, 0.29) is 26.3 Å². The van der Waals surface area contributed by atoms with Crippen LogP contribution in [0.4, 0.5) is 5.69 Å². The fraction of sp³-hybridized carbons (Fsp3) is 0.211. The van der Waals surface area contributed by atoms with Gasteiger partial charge in [-0.2, -0.15) is 0 Å². The van der Waals surface area contributed by atoms with E-state index in [4.69, 9.17) is 35.4 Å². The van der Waals surface area contributed by atoms with Crippen molar-refractivity contribution in [3.63, 3.8) is 0 Å². The number of carbonyl (C=O) groups excluding carboxylic acids is 2. The number of hydrogen-bond acceptors (Lipinski definition) is 3. The van der Waals surface area contributed by atoms with Gasteiger partial charge in [-0.3, -0.25) is 19.8 Å². The Hall–Kier alpha value is -2.15. The lowest BCUT2D eigenvalue weighted by atomic mass is 10.1. The molecule has 1 aromatic heterocycles. The second-order valence-electron chi connectivity index (χ2n) is 7.00. The Labute approximate surface area is 172 Å². The summed E-state index contributed by atoms with van der Waals surface area (Å²) >= 11 is 17.5. The number of hydrogen-bond donors (Lipinski definition) is 1. The van der Waals surface area contributed by atoms with Crippen molar-refractivity contribution < 1.29 is 9.59 Å². The lowest BCUT2D eigenvalue weighted by Gasteiger charge is -2.30. The Morgan fingerprint density at radius 2 is 1.81 bits per heavy atom. The van der Waals surface area contributed by atoms with Crippen molar-refractivity contribution >= 4 is 64.1 Å². The molecular weight excluding hydrogens is 405 g/mol. The van der Waals surface area contributed by atoms with E-state index in [0.717, 1.165) is 5.69 Å². The summed E-state index contributed by atoms with van der Waals surface area (Å²) in [5.74, 6) is -1.12. The third kappa shape index (κ3) is 3.65. The van der Waals surface area contributed by atoms with Gasteiger partial charge in [0.15, 0.2) is 5.11 Å². The highest BCUT2D eigenvalue weighted by Crippen LogP contribution is 2.34. The Morgan fingerprint density at radius 3 is 2.48 bits per heavy atom. The molecule has 0 aliphatic carbocycles. The molecule has 0 bridgehead atoms. The maximum Gasteiger partial charge on any atom is 0.270 e. The molecule has 0 saturated carbocycles. The molecule has 1 aromatic carbocycles. The highest BCUT2D eigenvalue weighted by atomic mass is 35.5. The summed E-state index contributed by atoms with van der Waals surface area (Å²) in [6.07, 6.45) is 3.45. The monoisotopic (exact) mass is 421 g/mol. The Bertz CT molecular complexity index is 989. The fourth-order valence-corrected chi connectivity index (χ4v) is 3.47. The van der Waals surface area contributed by atoms with Gasteiger partial charge >= 0.3 is 0 Å². The van der Waals surface area contributed by atoms with Crippen molar-refractivity contribution in [2.45, 2.75) is 26.3 Å². The lowest BCUT2D eigenvalue weighted by molar-refractivity contribution is -0.122. The summed E-state index contributed by atoms with van der Waals surface area (Å²) < 4.78 is 1.98. The molecular formula is C19H17Cl2N3O2S. The third-order valence-electron chi connectivity index (χ3n) is 4.07. The van der Waals surface area contributed by atoms with Crippen LogP contribution in [0.1, 0.15) is 26.5 Å². The number of carbonyl (C=O) groups is 2. The summed E-state index contributed by atoms with van der Waals surface area (Å²) in [4.78, 5) is 26.7. The van der Waals surface area contributed by atoms with Crippen LogP contribution in [-0.2, 0) is 15.1 Å². The smallest absolute Gasteiger partial charge is 0.270 e. The van der Waals surface area contributed by atoms with Crippen molar-refractivity contribution in [3.8, 4) is 0 Å². The molecule has 1 saturated heterocycles. The summed E-state index contributed by atoms with van der Waals surface area (Å²) in [5.41, 5.74) is 0.793. The zero-order valence-electron chi connectivity index (χ0n) is 14.9. The molecule has 2 heterocycles. The molecule has 1 fully saturated rings. The van der Waals surface area contributed by atoms with Gasteiger partial charge in [0.25, 0.3) is 11.8 Å². The van der Waals surface area contributed by atoms with Gasteiger partial charge in [0.1, 0.15) is 5.57 Å². The van der Waals surface area contributed by atoms with Crippen LogP contribution in [0.2, 0.25) is 10.0 Å². The second-order valence-corrected chi connectivity index (χ2v) is 8.18. The van der Waals surface area contributed by atoms with Crippen LogP contribution in [0.15, 0.2) is 42.1 Å². The minimum atomic E-state index is -0.561. The number of nitrogens with one attached hydrogen (secondary N) is 1. The van der Waals surface area contributed by atoms with Crippen molar-refractivity contribution in [1.82, 2.24) is 9.88 Å².